The molecule has 19 heteroatoms. The lowest BCUT2D eigenvalue weighted by atomic mass is 10.0. The molecule has 0 aromatic carbocycles. The van der Waals surface area contributed by atoms with Crippen LogP contribution in [0.1, 0.15) is 369 Å². The van der Waals surface area contributed by atoms with Gasteiger partial charge < -0.3 is 33.8 Å². The van der Waals surface area contributed by atoms with Crippen molar-refractivity contribution < 1.29 is 80.2 Å². The fourth-order valence-corrected chi connectivity index (χ4v) is 12.4. The fourth-order valence-electron chi connectivity index (χ4n) is 10.8. The van der Waals surface area contributed by atoms with Gasteiger partial charge in [-0.2, -0.15) is 0 Å². The second-order valence-corrected chi connectivity index (χ2v) is 29.0. The molecule has 5 atom stereocenters. The van der Waals surface area contributed by atoms with E-state index in [0.29, 0.717) is 31.6 Å². The van der Waals surface area contributed by atoms with Crippen molar-refractivity contribution in [3.05, 3.63) is 0 Å². The summed E-state index contributed by atoms with van der Waals surface area (Å²) < 4.78 is 68.2. The molecular weight excluding hydrogens is 1190 g/mol. The molecule has 0 spiro atoms. The first-order valence-electron chi connectivity index (χ1n) is 37.1. The number of aliphatic hydroxyl groups excluding tert-OH is 1. The van der Waals surface area contributed by atoms with Crippen LogP contribution in [-0.4, -0.2) is 96.7 Å². The topological polar surface area (TPSA) is 237 Å². The Bertz CT molecular complexity index is 1740. The van der Waals surface area contributed by atoms with E-state index in [2.05, 4.69) is 34.6 Å². The van der Waals surface area contributed by atoms with E-state index < -0.39 is 97.5 Å². The molecule has 0 radical (unpaired) electrons. The number of phosphoric acid groups is 2. The number of aliphatic hydroxyl groups is 1. The molecule has 0 amide bonds. The SMILES string of the molecule is CCCCCCCCCCCCCCCCCCCC(=O)O[C@H](COC(=O)CCCCCCCCCCCCCCCCC)COP(=O)(O)OC[C@@H](O)COP(=O)(O)OC[C@@H](COC(=O)CCCCCCCCCCC)OC(=O)CCCCCCCCC(C)C. The first-order chi connectivity index (χ1) is 43.5. The standard InChI is InChI=1S/C71H138O17P2/c1-6-9-12-15-18-21-23-25-27-28-30-32-34-37-40-46-51-56-70(75)87-66(60-82-69(74)55-50-45-39-36-33-31-29-26-24-22-19-16-13-10-7-2)62-85-89(77,78)83-58-65(72)59-84-90(79,80)86-63-67(88-71(76)57-52-47-42-41-43-48-53-64(4)5)61-81-68(73)54-49-44-38-35-20-17-14-11-8-3/h64-67,72H,6-63H2,1-5H3,(H,77,78)(H,79,80)/t65-,66-,67-/m1/s1. The fraction of sp³-hybridized carbons (Fsp3) is 0.944. The van der Waals surface area contributed by atoms with Crippen LogP contribution in [0.15, 0.2) is 0 Å². The summed E-state index contributed by atoms with van der Waals surface area (Å²) in [5, 5.41) is 10.6. The van der Waals surface area contributed by atoms with E-state index >= 15 is 0 Å². The molecule has 0 aliphatic rings. The Hall–Kier alpha value is -1.94. The molecule has 90 heavy (non-hydrogen) atoms. The maximum Gasteiger partial charge on any atom is 0.472 e. The number of carbonyl (C=O) groups excluding carboxylic acids is 4. The number of carbonyl (C=O) groups is 4. The van der Waals surface area contributed by atoms with Crippen LogP contribution in [0.5, 0.6) is 0 Å². The highest BCUT2D eigenvalue weighted by Crippen LogP contribution is 2.45. The van der Waals surface area contributed by atoms with Crippen LogP contribution < -0.4 is 0 Å². The molecule has 0 heterocycles. The van der Waals surface area contributed by atoms with Crippen LogP contribution in [0.2, 0.25) is 0 Å². The first-order valence-corrected chi connectivity index (χ1v) is 40.1. The van der Waals surface area contributed by atoms with Gasteiger partial charge in [-0.15, -0.1) is 0 Å². The van der Waals surface area contributed by atoms with Crippen molar-refractivity contribution in [2.24, 2.45) is 5.92 Å². The van der Waals surface area contributed by atoms with Crippen molar-refractivity contribution >= 4 is 39.5 Å². The van der Waals surface area contributed by atoms with Crippen molar-refractivity contribution in [1.82, 2.24) is 0 Å². The van der Waals surface area contributed by atoms with E-state index in [9.17, 15) is 43.2 Å². The largest absolute Gasteiger partial charge is 0.472 e. The predicted octanol–water partition coefficient (Wildman–Crippen LogP) is 20.5. The van der Waals surface area contributed by atoms with Gasteiger partial charge in [0.15, 0.2) is 12.2 Å². The normalized spacial score (nSPS) is 14.1. The quantitative estimate of drug-likeness (QED) is 0.0222. The van der Waals surface area contributed by atoms with Crippen molar-refractivity contribution in [3.8, 4) is 0 Å². The summed E-state index contributed by atoms with van der Waals surface area (Å²) in [6, 6.07) is 0. The number of hydrogen-bond acceptors (Lipinski definition) is 15. The highest BCUT2D eigenvalue weighted by Gasteiger charge is 2.30. The molecule has 0 aliphatic carbocycles. The Morgan fingerprint density at radius 2 is 0.511 bits per heavy atom. The van der Waals surface area contributed by atoms with Gasteiger partial charge >= 0.3 is 39.5 Å². The lowest BCUT2D eigenvalue weighted by Gasteiger charge is -2.21. The smallest absolute Gasteiger partial charge is 0.462 e. The Morgan fingerprint density at radius 1 is 0.300 bits per heavy atom. The minimum atomic E-state index is -4.95. The van der Waals surface area contributed by atoms with Gasteiger partial charge in [-0.3, -0.25) is 37.3 Å². The second kappa shape index (κ2) is 64.4. The summed E-state index contributed by atoms with van der Waals surface area (Å²) in [5.74, 6) is -1.46. The third-order valence-corrected chi connectivity index (χ3v) is 18.4. The van der Waals surface area contributed by atoms with Gasteiger partial charge in [0.25, 0.3) is 0 Å². The first kappa shape index (κ1) is 88.1. The van der Waals surface area contributed by atoms with Crippen molar-refractivity contribution in [3.63, 3.8) is 0 Å². The van der Waals surface area contributed by atoms with Crippen LogP contribution in [0.4, 0.5) is 0 Å². The van der Waals surface area contributed by atoms with E-state index in [1.165, 1.54) is 193 Å². The molecule has 0 saturated carbocycles. The monoisotopic (exact) mass is 1320 g/mol. The van der Waals surface area contributed by atoms with Gasteiger partial charge in [0.1, 0.15) is 19.3 Å². The minimum absolute atomic E-state index is 0.102. The maximum atomic E-state index is 13.0. The lowest BCUT2D eigenvalue weighted by molar-refractivity contribution is -0.161. The Morgan fingerprint density at radius 3 is 0.756 bits per heavy atom. The number of ether oxygens (including phenoxy) is 4. The third kappa shape index (κ3) is 64.8. The molecule has 0 aromatic rings. The van der Waals surface area contributed by atoms with Crippen molar-refractivity contribution in [2.45, 2.75) is 387 Å². The molecule has 534 valence electrons. The second-order valence-electron chi connectivity index (χ2n) is 26.1. The van der Waals surface area contributed by atoms with Crippen LogP contribution in [0.3, 0.4) is 0 Å². The zero-order valence-electron chi connectivity index (χ0n) is 58.3. The number of unbranched alkanes of at least 4 members (excludes halogenated alkanes) is 43. The van der Waals surface area contributed by atoms with Crippen molar-refractivity contribution in [1.29, 1.82) is 0 Å². The van der Waals surface area contributed by atoms with E-state index in [1.807, 2.05) is 0 Å². The van der Waals surface area contributed by atoms with Crippen LogP contribution in [0.25, 0.3) is 0 Å². The predicted molar refractivity (Wildman–Crippen MR) is 363 cm³/mol. The van der Waals surface area contributed by atoms with E-state index in [0.717, 1.165) is 89.9 Å². The van der Waals surface area contributed by atoms with E-state index in [4.69, 9.17) is 37.0 Å². The number of hydrogen-bond donors (Lipinski definition) is 3. The molecule has 17 nitrogen and oxygen atoms in total. The van der Waals surface area contributed by atoms with Gasteiger partial charge in [-0.25, -0.2) is 9.13 Å². The van der Waals surface area contributed by atoms with Gasteiger partial charge in [-0.1, -0.05) is 317 Å². The molecule has 0 rings (SSSR count). The minimum Gasteiger partial charge on any atom is -0.462 e. The summed E-state index contributed by atoms with van der Waals surface area (Å²) in [5.41, 5.74) is 0. The van der Waals surface area contributed by atoms with E-state index in [-0.39, 0.29) is 25.7 Å². The van der Waals surface area contributed by atoms with E-state index in [1.54, 1.807) is 0 Å². The highest BCUT2D eigenvalue weighted by atomic mass is 31.2. The Kier molecular flexibility index (Phi) is 63.0. The van der Waals surface area contributed by atoms with Crippen LogP contribution in [0, 0.1) is 5.92 Å². The molecule has 0 aliphatic heterocycles. The third-order valence-electron chi connectivity index (χ3n) is 16.5. The number of esters is 4. The maximum absolute atomic E-state index is 13.0. The van der Waals surface area contributed by atoms with Crippen LogP contribution >= 0.6 is 15.6 Å². The molecule has 0 saturated heterocycles. The van der Waals surface area contributed by atoms with Gasteiger partial charge in [0, 0.05) is 25.7 Å². The molecule has 0 bridgehead atoms. The Labute approximate surface area is 549 Å². The zero-order valence-corrected chi connectivity index (χ0v) is 60.1. The van der Waals surface area contributed by atoms with Crippen molar-refractivity contribution in [2.75, 3.05) is 39.6 Å². The Balaban J connectivity index is 5.20. The van der Waals surface area contributed by atoms with Gasteiger partial charge in [0.05, 0.1) is 26.4 Å². The summed E-state index contributed by atoms with van der Waals surface area (Å²) in [4.78, 5) is 72.5. The molecular formula is C71H138O17P2. The average Bonchev–Trinajstić information content (AvgIpc) is 3.70. The van der Waals surface area contributed by atoms with Gasteiger partial charge in [-0.05, 0) is 31.6 Å². The number of rotatable bonds is 71. The summed E-state index contributed by atoms with van der Waals surface area (Å²) in [7, 11) is -9.90. The summed E-state index contributed by atoms with van der Waals surface area (Å²) in [6.45, 7) is 7.15. The van der Waals surface area contributed by atoms with Gasteiger partial charge in [0.2, 0.25) is 0 Å². The molecule has 0 fully saturated rings. The molecule has 0 aromatic heterocycles. The number of phosphoric ester groups is 2. The molecule has 3 N–H and O–H groups in total. The lowest BCUT2D eigenvalue weighted by Crippen LogP contribution is -2.30. The average molecular weight is 1330 g/mol. The molecule has 2 unspecified atom stereocenters. The van der Waals surface area contributed by atoms with Crippen LogP contribution in [-0.2, 0) is 65.4 Å². The summed E-state index contributed by atoms with van der Waals surface area (Å²) in [6.07, 6.45) is 51.5. The summed E-state index contributed by atoms with van der Waals surface area (Å²) >= 11 is 0. The zero-order chi connectivity index (χ0) is 66.3. The highest BCUT2D eigenvalue weighted by molar-refractivity contribution is 7.47.